The third-order valence-corrected chi connectivity index (χ3v) is 3.35. The SMILES string of the molecule is CC.CC.CCCCCCCCN1CC=C(C)CC1. The molecule has 1 nitrogen and oxygen atoms in total. The fraction of sp³-hybridized carbons (Fsp3) is 0.889. The molecule has 0 N–H and O–H groups in total. The van der Waals surface area contributed by atoms with Crippen LogP contribution in [0, 0.1) is 0 Å². The van der Waals surface area contributed by atoms with Gasteiger partial charge >= 0.3 is 0 Å². The molecule has 0 unspecified atom stereocenters. The summed E-state index contributed by atoms with van der Waals surface area (Å²) in [6.07, 6.45) is 12.2. The molecule has 0 saturated carbocycles. The zero-order valence-electron chi connectivity index (χ0n) is 14.6. The molecule has 0 aromatic heterocycles. The first-order chi connectivity index (χ1) is 9.33. The Kier molecular flexibility index (Phi) is 19.6. The molecule has 19 heavy (non-hydrogen) atoms. The van der Waals surface area contributed by atoms with Gasteiger partial charge in [-0.3, -0.25) is 4.90 Å². The molecule has 1 aliphatic heterocycles. The Morgan fingerprint density at radius 2 is 1.53 bits per heavy atom. The molecule has 0 aromatic carbocycles. The topological polar surface area (TPSA) is 3.24 Å². The predicted molar refractivity (Wildman–Crippen MR) is 90.9 cm³/mol. The van der Waals surface area contributed by atoms with E-state index in [1.54, 1.807) is 5.57 Å². The minimum Gasteiger partial charge on any atom is -0.299 e. The third-order valence-electron chi connectivity index (χ3n) is 3.35. The molecule has 0 spiro atoms. The lowest BCUT2D eigenvalue weighted by molar-refractivity contribution is 0.286. The number of nitrogens with zero attached hydrogens (tertiary/aromatic N) is 1. The Balaban J connectivity index is 0. The van der Waals surface area contributed by atoms with E-state index in [4.69, 9.17) is 0 Å². The summed E-state index contributed by atoms with van der Waals surface area (Å²) in [5.74, 6) is 0. The van der Waals surface area contributed by atoms with Gasteiger partial charge in [0.05, 0.1) is 0 Å². The van der Waals surface area contributed by atoms with Crippen LogP contribution >= 0.6 is 0 Å². The quantitative estimate of drug-likeness (QED) is 0.401. The summed E-state index contributed by atoms with van der Waals surface area (Å²) in [7, 11) is 0. The minimum absolute atomic E-state index is 1.20. The van der Waals surface area contributed by atoms with Crippen molar-refractivity contribution in [1.29, 1.82) is 0 Å². The number of hydrogen-bond acceptors (Lipinski definition) is 1. The predicted octanol–water partition coefficient (Wildman–Crippen LogP) is 6.05. The van der Waals surface area contributed by atoms with Gasteiger partial charge in [-0.2, -0.15) is 0 Å². The van der Waals surface area contributed by atoms with Crippen LogP contribution in [0.1, 0.15) is 86.5 Å². The Morgan fingerprint density at radius 3 is 2.05 bits per heavy atom. The lowest BCUT2D eigenvalue weighted by Gasteiger charge is -2.25. The second-order valence-corrected chi connectivity index (χ2v) is 4.87. The Bertz CT molecular complexity index is 184. The largest absolute Gasteiger partial charge is 0.299 e. The van der Waals surface area contributed by atoms with Crippen molar-refractivity contribution in [2.24, 2.45) is 0 Å². The van der Waals surface area contributed by atoms with E-state index in [1.807, 2.05) is 27.7 Å². The first-order valence-electron chi connectivity index (χ1n) is 8.71. The van der Waals surface area contributed by atoms with Crippen molar-refractivity contribution in [3.63, 3.8) is 0 Å². The van der Waals surface area contributed by atoms with E-state index >= 15 is 0 Å². The third kappa shape index (κ3) is 13.9. The van der Waals surface area contributed by atoms with Crippen molar-refractivity contribution in [3.05, 3.63) is 11.6 Å². The molecule has 1 rings (SSSR count). The van der Waals surface area contributed by atoms with Crippen molar-refractivity contribution in [3.8, 4) is 0 Å². The highest BCUT2D eigenvalue weighted by Crippen LogP contribution is 2.11. The fourth-order valence-electron chi connectivity index (χ4n) is 2.13. The summed E-state index contributed by atoms with van der Waals surface area (Å²) in [6, 6.07) is 0. The Labute approximate surface area is 123 Å². The van der Waals surface area contributed by atoms with Crippen LogP contribution in [0.15, 0.2) is 11.6 Å². The van der Waals surface area contributed by atoms with Crippen LogP contribution in [0.25, 0.3) is 0 Å². The van der Waals surface area contributed by atoms with E-state index in [1.165, 1.54) is 64.6 Å². The maximum absolute atomic E-state index is 2.59. The first-order valence-corrected chi connectivity index (χ1v) is 8.71. The maximum atomic E-state index is 2.59. The standard InChI is InChI=1S/C14H27N.2C2H6/c1-3-4-5-6-7-8-11-15-12-9-14(2)10-13-15;2*1-2/h9H,3-8,10-13H2,1-2H3;2*1-2H3. The van der Waals surface area contributed by atoms with E-state index in [2.05, 4.69) is 24.8 Å². The number of unbranched alkanes of at least 4 members (excludes halogenated alkanes) is 5. The number of rotatable bonds is 7. The summed E-state index contributed by atoms with van der Waals surface area (Å²) in [6.45, 7) is 16.3. The summed E-state index contributed by atoms with van der Waals surface area (Å²) in [4.78, 5) is 2.59. The fourth-order valence-corrected chi connectivity index (χ4v) is 2.13. The summed E-state index contributed by atoms with van der Waals surface area (Å²) < 4.78 is 0. The van der Waals surface area contributed by atoms with Crippen molar-refractivity contribution in [1.82, 2.24) is 4.90 Å². The van der Waals surface area contributed by atoms with Crippen LogP contribution in [0.2, 0.25) is 0 Å². The van der Waals surface area contributed by atoms with Gasteiger partial charge in [0.1, 0.15) is 0 Å². The van der Waals surface area contributed by atoms with Gasteiger partial charge in [0.15, 0.2) is 0 Å². The average Bonchev–Trinajstić information content (AvgIpc) is 2.49. The summed E-state index contributed by atoms with van der Waals surface area (Å²) in [5, 5.41) is 0. The molecule has 0 aromatic rings. The van der Waals surface area contributed by atoms with Crippen molar-refractivity contribution in [2.75, 3.05) is 19.6 Å². The van der Waals surface area contributed by atoms with Gasteiger partial charge < -0.3 is 0 Å². The van der Waals surface area contributed by atoms with Crippen molar-refractivity contribution in [2.45, 2.75) is 86.5 Å². The van der Waals surface area contributed by atoms with Crippen LogP contribution in [0.5, 0.6) is 0 Å². The van der Waals surface area contributed by atoms with Gasteiger partial charge in [0.25, 0.3) is 0 Å². The lowest BCUT2D eigenvalue weighted by Crippen LogP contribution is -2.29. The molecule has 0 aliphatic carbocycles. The van der Waals surface area contributed by atoms with Crippen LogP contribution in [-0.4, -0.2) is 24.5 Å². The molecule has 1 aliphatic rings. The van der Waals surface area contributed by atoms with Crippen LogP contribution in [-0.2, 0) is 0 Å². The van der Waals surface area contributed by atoms with Gasteiger partial charge in [-0.05, 0) is 26.3 Å². The van der Waals surface area contributed by atoms with E-state index in [-0.39, 0.29) is 0 Å². The molecule has 1 heteroatoms. The van der Waals surface area contributed by atoms with Gasteiger partial charge in [-0.1, -0.05) is 78.4 Å². The molecule has 0 saturated heterocycles. The number of hydrogen-bond donors (Lipinski definition) is 0. The molecule has 0 radical (unpaired) electrons. The highest BCUT2D eigenvalue weighted by atomic mass is 15.1. The Hall–Kier alpha value is -0.300. The van der Waals surface area contributed by atoms with Crippen molar-refractivity contribution < 1.29 is 0 Å². The molecule has 1 heterocycles. The van der Waals surface area contributed by atoms with Crippen LogP contribution in [0.3, 0.4) is 0 Å². The first kappa shape index (κ1) is 21.0. The maximum Gasteiger partial charge on any atom is 0.0165 e. The summed E-state index contributed by atoms with van der Waals surface area (Å²) in [5.41, 5.74) is 1.58. The smallest absolute Gasteiger partial charge is 0.0165 e. The molecule has 0 fully saturated rings. The highest BCUT2D eigenvalue weighted by Gasteiger charge is 2.07. The van der Waals surface area contributed by atoms with Gasteiger partial charge in [0, 0.05) is 13.1 Å². The molecular weight excluding hydrogens is 230 g/mol. The molecular formula is C18H39N. The van der Waals surface area contributed by atoms with E-state index < -0.39 is 0 Å². The van der Waals surface area contributed by atoms with E-state index in [9.17, 15) is 0 Å². The van der Waals surface area contributed by atoms with E-state index in [0.717, 1.165) is 0 Å². The zero-order valence-corrected chi connectivity index (χ0v) is 14.6. The van der Waals surface area contributed by atoms with Gasteiger partial charge in [-0.15, -0.1) is 0 Å². The molecule has 0 amide bonds. The average molecular weight is 270 g/mol. The normalized spacial score (nSPS) is 14.7. The van der Waals surface area contributed by atoms with Crippen LogP contribution in [0.4, 0.5) is 0 Å². The van der Waals surface area contributed by atoms with Crippen molar-refractivity contribution >= 4 is 0 Å². The summed E-state index contributed by atoms with van der Waals surface area (Å²) >= 11 is 0. The van der Waals surface area contributed by atoms with Crippen LogP contribution < -0.4 is 0 Å². The molecule has 0 atom stereocenters. The second kappa shape index (κ2) is 17.7. The molecule has 0 bridgehead atoms. The minimum atomic E-state index is 1.20. The van der Waals surface area contributed by atoms with E-state index in [0.29, 0.717) is 0 Å². The second-order valence-electron chi connectivity index (χ2n) is 4.87. The Morgan fingerprint density at radius 1 is 0.947 bits per heavy atom. The zero-order chi connectivity index (χ0) is 14.9. The lowest BCUT2D eigenvalue weighted by atomic mass is 10.1. The van der Waals surface area contributed by atoms with Gasteiger partial charge in [-0.25, -0.2) is 0 Å². The highest BCUT2D eigenvalue weighted by molar-refractivity contribution is 5.03. The molecule has 116 valence electrons. The monoisotopic (exact) mass is 269 g/mol. The van der Waals surface area contributed by atoms with Gasteiger partial charge in [0.2, 0.25) is 0 Å².